The SMILES string of the molecule is CC(C)C1(CNCC(=O)N(C)C2CC2)CC1. The molecule has 0 bridgehead atoms. The second-order valence-corrected chi connectivity index (χ2v) is 5.86. The van der Waals surface area contributed by atoms with Crippen LogP contribution in [0, 0.1) is 11.3 Å². The molecule has 2 aliphatic rings. The second kappa shape index (κ2) is 4.36. The molecule has 1 amide bonds. The number of likely N-dealkylation sites (N-methyl/N-ethyl adjacent to an activating group) is 1. The van der Waals surface area contributed by atoms with Crippen LogP contribution >= 0.6 is 0 Å². The fourth-order valence-electron chi connectivity index (χ4n) is 2.33. The van der Waals surface area contributed by atoms with Crippen LogP contribution in [0.2, 0.25) is 0 Å². The standard InChI is InChI=1S/C13H24N2O/c1-10(2)13(6-7-13)9-14-8-12(16)15(3)11-4-5-11/h10-11,14H,4-9H2,1-3H3. The number of hydrogen-bond acceptors (Lipinski definition) is 2. The number of nitrogens with zero attached hydrogens (tertiary/aromatic N) is 1. The van der Waals surface area contributed by atoms with E-state index >= 15 is 0 Å². The molecular formula is C13H24N2O. The summed E-state index contributed by atoms with van der Waals surface area (Å²) < 4.78 is 0. The molecule has 1 N–H and O–H groups in total. The maximum absolute atomic E-state index is 11.8. The lowest BCUT2D eigenvalue weighted by Gasteiger charge is -2.21. The predicted octanol–water partition coefficient (Wildman–Crippen LogP) is 1.63. The zero-order chi connectivity index (χ0) is 11.8. The van der Waals surface area contributed by atoms with Crippen molar-refractivity contribution in [2.45, 2.75) is 45.6 Å². The Balaban J connectivity index is 1.66. The first-order valence-electron chi connectivity index (χ1n) is 6.51. The van der Waals surface area contributed by atoms with Crippen molar-refractivity contribution in [3.63, 3.8) is 0 Å². The Morgan fingerprint density at radius 1 is 1.44 bits per heavy atom. The van der Waals surface area contributed by atoms with Crippen LogP contribution in [0.5, 0.6) is 0 Å². The number of nitrogens with one attached hydrogen (secondary N) is 1. The third-order valence-electron chi connectivity index (χ3n) is 4.36. The van der Waals surface area contributed by atoms with Crippen molar-refractivity contribution >= 4 is 5.91 Å². The summed E-state index contributed by atoms with van der Waals surface area (Å²) >= 11 is 0. The first-order valence-corrected chi connectivity index (χ1v) is 6.51. The van der Waals surface area contributed by atoms with Gasteiger partial charge in [0.25, 0.3) is 0 Å². The van der Waals surface area contributed by atoms with Crippen molar-refractivity contribution < 1.29 is 4.79 Å². The van der Waals surface area contributed by atoms with E-state index in [0.29, 0.717) is 18.0 Å². The Bertz CT molecular complexity index is 267. The summed E-state index contributed by atoms with van der Waals surface area (Å²) in [6.07, 6.45) is 5.03. The van der Waals surface area contributed by atoms with Crippen LogP contribution in [-0.2, 0) is 4.79 Å². The third kappa shape index (κ3) is 2.57. The molecule has 0 aromatic heterocycles. The lowest BCUT2D eigenvalue weighted by molar-refractivity contribution is -0.129. The number of hydrogen-bond donors (Lipinski definition) is 1. The van der Waals surface area contributed by atoms with E-state index in [2.05, 4.69) is 19.2 Å². The second-order valence-electron chi connectivity index (χ2n) is 5.86. The van der Waals surface area contributed by atoms with E-state index in [1.54, 1.807) is 0 Å². The molecule has 0 aromatic rings. The summed E-state index contributed by atoms with van der Waals surface area (Å²) in [6, 6.07) is 0.536. The number of carbonyl (C=O) groups excluding carboxylic acids is 1. The molecule has 2 saturated carbocycles. The maximum atomic E-state index is 11.8. The van der Waals surface area contributed by atoms with E-state index < -0.39 is 0 Å². The quantitative estimate of drug-likeness (QED) is 0.744. The molecule has 0 unspecified atom stereocenters. The molecule has 3 heteroatoms. The monoisotopic (exact) mass is 224 g/mol. The lowest BCUT2D eigenvalue weighted by atomic mass is 9.92. The largest absolute Gasteiger partial charge is 0.342 e. The topological polar surface area (TPSA) is 32.3 Å². The van der Waals surface area contributed by atoms with Gasteiger partial charge in [-0.2, -0.15) is 0 Å². The van der Waals surface area contributed by atoms with E-state index in [1.165, 1.54) is 25.7 Å². The minimum Gasteiger partial charge on any atom is -0.342 e. The van der Waals surface area contributed by atoms with Gasteiger partial charge >= 0.3 is 0 Å². The minimum atomic E-state index is 0.252. The maximum Gasteiger partial charge on any atom is 0.236 e. The van der Waals surface area contributed by atoms with Gasteiger partial charge in [0.05, 0.1) is 6.54 Å². The van der Waals surface area contributed by atoms with E-state index in [4.69, 9.17) is 0 Å². The fourth-order valence-corrected chi connectivity index (χ4v) is 2.33. The fraction of sp³-hybridized carbons (Fsp3) is 0.923. The van der Waals surface area contributed by atoms with Gasteiger partial charge in [-0.1, -0.05) is 13.8 Å². The van der Waals surface area contributed by atoms with Crippen LogP contribution in [0.15, 0.2) is 0 Å². The van der Waals surface area contributed by atoms with Gasteiger partial charge in [-0.05, 0) is 37.0 Å². The highest BCUT2D eigenvalue weighted by Gasteiger charge is 2.44. The molecule has 0 spiro atoms. The highest BCUT2D eigenvalue weighted by atomic mass is 16.2. The Morgan fingerprint density at radius 3 is 2.50 bits per heavy atom. The average molecular weight is 224 g/mol. The molecule has 2 fully saturated rings. The Labute approximate surface area is 98.6 Å². The van der Waals surface area contributed by atoms with Crippen LogP contribution in [0.1, 0.15) is 39.5 Å². The number of carbonyl (C=O) groups is 1. The Hall–Kier alpha value is -0.570. The number of rotatable bonds is 6. The highest BCUT2D eigenvalue weighted by Crippen LogP contribution is 2.51. The average Bonchev–Trinajstić information content (AvgIpc) is 3.10. The van der Waals surface area contributed by atoms with Gasteiger partial charge in [0.2, 0.25) is 5.91 Å². The van der Waals surface area contributed by atoms with Gasteiger partial charge in [-0.15, -0.1) is 0 Å². The molecule has 92 valence electrons. The van der Waals surface area contributed by atoms with Crippen molar-refractivity contribution in [2.75, 3.05) is 20.1 Å². The van der Waals surface area contributed by atoms with Gasteiger partial charge in [0.15, 0.2) is 0 Å². The molecule has 2 aliphatic carbocycles. The minimum absolute atomic E-state index is 0.252. The molecule has 0 heterocycles. The summed E-state index contributed by atoms with van der Waals surface area (Å²) in [4.78, 5) is 13.7. The summed E-state index contributed by atoms with van der Waals surface area (Å²) in [5.41, 5.74) is 0.498. The van der Waals surface area contributed by atoms with Crippen molar-refractivity contribution in [1.29, 1.82) is 0 Å². The van der Waals surface area contributed by atoms with Crippen LogP contribution in [-0.4, -0.2) is 37.0 Å². The first kappa shape index (κ1) is 11.9. The Morgan fingerprint density at radius 2 is 2.06 bits per heavy atom. The van der Waals surface area contributed by atoms with E-state index in [1.807, 2.05) is 11.9 Å². The molecule has 2 rings (SSSR count). The molecule has 0 radical (unpaired) electrons. The van der Waals surface area contributed by atoms with Crippen LogP contribution in [0.3, 0.4) is 0 Å². The van der Waals surface area contributed by atoms with Crippen molar-refractivity contribution in [3.05, 3.63) is 0 Å². The van der Waals surface area contributed by atoms with Gasteiger partial charge in [-0.25, -0.2) is 0 Å². The molecule has 16 heavy (non-hydrogen) atoms. The van der Waals surface area contributed by atoms with Crippen LogP contribution in [0.25, 0.3) is 0 Å². The Kier molecular flexibility index (Phi) is 3.24. The van der Waals surface area contributed by atoms with Crippen molar-refractivity contribution in [2.24, 2.45) is 11.3 Å². The first-order chi connectivity index (χ1) is 7.55. The third-order valence-corrected chi connectivity index (χ3v) is 4.36. The molecule has 0 saturated heterocycles. The summed E-state index contributed by atoms with van der Waals surface area (Å²) in [5.74, 6) is 0.985. The molecule has 0 aliphatic heterocycles. The smallest absolute Gasteiger partial charge is 0.236 e. The van der Waals surface area contributed by atoms with Crippen LogP contribution in [0.4, 0.5) is 0 Å². The van der Waals surface area contributed by atoms with Gasteiger partial charge in [0.1, 0.15) is 0 Å². The summed E-state index contributed by atoms with van der Waals surface area (Å²) in [5, 5.41) is 3.34. The van der Waals surface area contributed by atoms with Gasteiger partial charge in [0, 0.05) is 19.6 Å². The van der Waals surface area contributed by atoms with E-state index in [0.717, 1.165) is 12.5 Å². The molecule has 3 nitrogen and oxygen atoms in total. The highest BCUT2D eigenvalue weighted by molar-refractivity contribution is 5.78. The van der Waals surface area contributed by atoms with Crippen molar-refractivity contribution in [3.8, 4) is 0 Å². The van der Waals surface area contributed by atoms with Crippen molar-refractivity contribution in [1.82, 2.24) is 10.2 Å². The van der Waals surface area contributed by atoms with E-state index in [-0.39, 0.29) is 5.91 Å². The zero-order valence-electron chi connectivity index (χ0n) is 10.8. The van der Waals surface area contributed by atoms with Gasteiger partial charge < -0.3 is 10.2 Å². The summed E-state index contributed by atoms with van der Waals surface area (Å²) in [7, 11) is 1.93. The molecular weight excluding hydrogens is 200 g/mol. The van der Waals surface area contributed by atoms with E-state index in [9.17, 15) is 4.79 Å². The molecule has 0 atom stereocenters. The lowest BCUT2D eigenvalue weighted by Crippen LogP contribution is -2.39. The van der Waals surface area contributed by atoms with Crippen LogP contribution < -0.4 is 5.32 Å². The molecule has 0 aromatic carbocycles. The normalized spacial score (nSPS) is 22.2. The summed E-state index contributed by atoms with van der Waals surface area (Å²) in [6.45, 7) is 6.09. The predicted molar refractivity (Wildman–Crippen MR) is 65.2 cm³/mol. The number of amides is 1. The zero-order valence-corrected chi connectivity index (χ0v) is 10.8. The van der Waals surface area contributed by atoms with Gasteiger partial charge in [-0.3, -0.25) is 4.79 Å².